The second-order valence-corrected chi connectivity index (χ2v) is 5.14. The minimum absolute atomic E-state index is 0.112. The van der Waals surface area contributed by atoms with Crippen molar-refractivity contribution >= 4 is 11.6 Å². The van der Waals surface area contributed by atoms with Crippen LogP contribution in [0.3, 0.4) is 0 Å². The Morgan fingerprint density at radius 1 is 1.20 bits per heavy atom. The molecule has 0 radical (unpaired) electrons. The van der Waals surface area contributed by atoms with Gasteiger partial charge in [0.2, 0.25) is 0 Å². The van der Waals surface area contributed by atoms with Crippen molar-refractivity contribution in [2.24, 2.45) is 0 Å². The normalized spacial score (nSPS) is 10.9. The van der Waals surface area contributed by atoms with Crippen molar-refractivity contribution in [1.82, 2.24) is 40.1 Å². The Kier molecular flexibility index (Phi) is 3.61. The third-order valence-corrected chi connectivity index (χ3v) is 3.59. The van der Waals surface area contributed by atoms with E-state index in [4.69, 9.17) is 0 Å². The van der Waals surface area contributed by atoms with E-state index in [1.165, 1.54) is 23.1 Å². The van der Waals surface area contributed by atoms with E-state index in [1.54, 1.807) is 16.7 Å². The van der Waals surface area contributed by atoms with Crippen LogP contribution in [0.25, 0.3) is 11.3 Å². The van der Waals surface area contributed by atoms with Crippen LogP contribution in [-0.4, -0.2) is 40.7 Å². The Balaban J connectivity index is 1.60. The number of hydrogen-bond acceptors (Lipinski definition) is 6. The van der Waals surface area contributed by atoms with Gasteiger partial charge < -0.3 is 5.32 Å². The van der Waals surface area contributed by atoms with Gasteiger partial charge in [0.05, 0.1) is 17.8 Å². The molecule has 0 aliphatic heterocycles. The average molecular weight is 338 g/mol. The summed E-state index contributed by atoms with van der Waals surface area (Å²) in [7, 11) is 0. The summed E-state index contributed by atoms with van der Waals surface area (Å²) in [6.45, 7) is 0.134. The van der Waals surface area contributed by atoms with E-state index < -0.39 is 11.7 Å². The molecule has 124 valence electrons. The van der Waals surface area contributed by atoms with Crippen molar-refractivity contribution < 1.29 is 9.18 Å². The molecule has 1 aromatic carbocycles. The summed E-state index contributed by atoms with van der Waals surface area (Å²) >= 11 is 0. The third kappa shape index (κ3) is 2.80. The van der Waals surface area contributed by atoms with Crippen LogP contribution in [0.5, 0.6) is 0 Å². The van der Waals surface area contributed by atoms with Gasteiger partial charge in [0, 0.05) is 6.20 Å². The molecule has 1 amide bonds. The molecular weight excluding hydrogens is 327 g/mol. The molecule has 0 unspecified atom stereocenters. The lowest BCUT2D eigenvalue weighted by molar-refractivity contribution is 0.0949. The largest absolute Gasteiger partial charge is 0.345 e. The fourth-order valence-electron chi connectivity index (χ4n) is 2.43. The maximum atomic E-state index is 13.6. The number of nitrogens with one attached hydrogen (secondary N) is 1. The summed E-state index contributed by atoms with van der Waals surface area (Å²) in [4.78, 5) is 12.5. The molecule has 4 rings (SSSR count). The van der Waals surface area contributed by atoms with Gasteiger partial charge in [-0.15, -0.1) is 15.3 Å². The van der Waals surface area contributed by atoms with Crippen molar-refractivity contribution in [1.29, 1.82) is 0 Å². The van der Waals surface area contributed by atoms with Gasteiger partial charge >= 0.3 is 0 Å². The highest BCUT2D eigenvalue weighted by Crippen LogP contribution is 2.15. The summed E-state index contributed by atoms with van der Waals surface area (Å²) in [6.07, 6.45) is 3.13. The van der Waals surface area contributed by atoms with Crippen molar-refractivity contribution in [3.63, 3.8) is 0 Å². The number of nitrogens with zero attached hydrogens (tertiary/aromatic N) is 7. The summed E-state index contributed by atoms with van der Waals surface area (Å²) in [6, 6.07) is 9.30. The van der Waals surface area contributed by atoms with Crippen molar-refractivity contribution in [2.45, 2.75) is 6.54 Å². The first-order chi connectivity index (χ1) is 12.2. The number of amides is 1. The van der Waals surface area contributed by atoms with Gasteiger partial charge in [0.1, 0.15) is 12.1 Å². The second kappa shape index (κ2) is 6.07. The lowest BCUT2D eigenvalue weighted by Gasteiger charge is -2.09. The Morgan fingerprint density at radius 3 is 2.96 bits per heavy atom. The Bertz CT molecular complexity index is 1040. The molecule has 0 saturated heterocycles. The molecule has 0 bridgehead atoms. The minimum Gasteiger partial charge on any atom is -0.345 e. The number of benzene rings is 1. The van der Waals surface area contributed by atoms with Gasteiger partial charge in [-0.2, -0.15) is 4.68 Å². The van der Waals surface area contributed by atoms with Crippen LogP contribution in [0.2, 0.25) is 0 Å². The number of rotatable bonds is 4. The number of tetrazole rings is 1. The van der Waals surface area contributed by atoms with Gasteiger partial charge in [-0.25, -0.2) is 4.39 Å². The summed E-state index contributed by atoms with van der Waals surface area (Å²) in [5.74, 6) is -0.447. The predicted molar refractivity (Wildman–Crippen MR) is 83.3 cm³/mol. The quantitative estimate of drug-likeness (QED) is 0.590. The molecule has 25 heavy (non-hydrogen) atoms. The van der Waals surface area contributed by atoms with E-state index in [-0.39, 0.29) is 12.1 Å². The Labute approximate surface area is 140 Å². The molecule has 3 aromatic heterocycles. The van der Waals surface area contributed by atoms with Gasteiger partial charge in [0.15, 0.2) is 11.5 Å². The number of hydrogen-bond donors (Lipinski definition) is 1. The molecule has 1 N–H and O–H groups in total. The van der Waals surface area contributed by atoms with E-state index in [0.29, 0.717) is 17.2 Å². The zero-order chi connectivity index (χ0) is 17.2. The first-order valence-electron chi connectivity index (χ1n) is 7.32. The van der Waals surface area contributed by atoms with Crippen molar-refractivity contribution in [3.05, 3.63) is 66.1 Å². The minimum atomic E-state index is -0.532. The first-order valence-corrected chi connectivity index (χ1v) is 7.32. The Morgan fingerprint density at radius 2 is 2.12 bits per heavy atom. The fraction of sp³-hybridized carbons (Fsp3) is 0.0667. The topological polar surface area (TPSA) is 103 Å². The number of fused-ring (bicyclic) bond motifs is 1. The number of carbonyl (C=O) groups excluding carboxylic acids is 1. The molecule has 0 aliphatic carbocycles. The van der Waals surface area contributed by atoms with Gasteiger partial charge in [-0.3, -0.25) is 9.20 Å². The predicted octanol–water partition coefficient (Wildman–Crippen LogP) is 0.774. The van der Waals surface area contributed by atoms with E-state index in [2.05, 4.69) is 31.0 Å². The molecule has 10 heteroatoms. The van der Waals surface area contributed by atoms with Crippen LogP contribution in [-0.2, 0) is 6.54 Å². The Hall–Kier alpha value is -3.69. The van der Waals surface area contributed by atoms with Crippen LogP contribution in [0.1, 0.15) is 16.2 Å². The molecule has 0 saturated carbocycles. The maximum absolute atomic E-state index is 13.6. The third-order valence-electron chi connectivity index (χ3n) is 3.59. The summed E-state index contributed by atoms with van der Waals surface area (Å²) in [5, 5.41) is 21.6. The van der Waals surface area contributed by atoms with E-state index in [9.17, 15) is 9.18 Å². The van der Waals surface area contributed by atoms with Crippen LogP contribution in [0.4, 0.5) is 4.39 Å². The lowest BCUT2D eigenvalue weighted by Crippen LogP contribution is -2.25. The molecular formula is C15H11FN8O. The number of carbonyl (C=O) groups is 1. The van der Waals surface area contributed by atoms with E-state index in [0.717, 1.165) is 6.07 Å². The smallest absolute Gasteiger partial charge is 0.253 e. The molecule has 0 spiro atoms. The van der Waals surface area contributed by atoms with Crippen molar-refractivity contribution in [2.75, 3.05) is 0 Å². The first kappa shape index (κ1) is 14.9. The maximum Gasteiger partial charge on any atom is 0.253 e. The monoisotopic (exact) mass is 338 g/mol. The van der Waals surface area contributed by atoms with Crippen LogP contribution >= 0.6 is 0 Å². The van der Waals surface area contributed by atoms with Gasteiger partial charge in [0.25, 0.3) is 5.91 Å². The van der Waals surface area contributed by atoms with E-state index >= 15 is 0 Å². The molecule has 3 heterocycles. The molecule has 9 nitrogen and oxygen atoms in total. The molecule has 4 aromatic rings. The average Bonchev–Trinajstić information content (AvgIpc) is 3.29. The lowest BCUT2D eigenvalue weighted by atomic mass is 10.1. The van der Waals surface area contributed by atoms with Gasteiger partial charge in [-0.1, -0.05) is 6.07 Å². The highest BCUT2D eigenvalue weighted by atomic mass is 19.1. The summed E-state index contributed by atoms with van der Waals surface area (Å²) in [5.41, 5.74) is 1.16. The number of halogens is 1. The van der Waals surface area contributed by atoms with Crippen molar-refractivity contribution in [3.8, 4) is 5.69 Å². The van der Waals surface area contributed by atoms with E-state index in [1.807, 2.05) is 12.1 Å². The zero-order valence-electron chi connectivity index (χ0n) is 12.7. The van der Waals surface area contributed by atoms with Crippen LogP contribution in [0, 0.1) is 5.82 Å². The molecule has 0 aliphatic rings. The van der Waals surface area contributed by atoms with Gasteiger partial charge in [-0.05, 0) is 40.8 Å². The highest BCUT2D eigenvalue weighted by Gasteiger charge is 2.16. The van der Waals surface area contributed by atoms with Crippen LogP contribution in [0.15, 0.2) is 48.9 Å². The fourth-order valence-corrected chi connectivity index (χ4v) is 2.43. The number of aromatic nitrogens is 7. The number of pyridine rings is 1. The van der Waals surface area contributed by atoms with Crippen LogP contribution < -0.4 is 5.32 Å². The molecule has 0 fully saturated rings. The second-order valence-electron chi connectivity index (χ2n) is 5.14. The molecule has 0 atom stereocenters. The summed E-state index contributed by atoms with van der Waals surface area (Å²) < 4.78 is 16.7. The zero-order valence-corrected chi connectivity index (χ0v) is 12.7. The highest BCUT2D eigenvalue weighted by molar-refractivity contribution is 5.97. The SMILES string of the molecule is O=C(NCc1nnc2ccccn12)c1cc(F)ccc1-n1cnnn1. The standard InChI is InChI=1S/C15H11FN8O/c16-10-4-5-12(24-9-18-21-22-24)11(7-10)15(25)17-8-14-20-19-13-3-1-2-6-23(13)14/h1-7,9H,8H2,(H,17,25).